The number of hydrogen-bond donors (Lipinski definition) is 1. The number of rotatable bonds is 5. The van der Waals surface area contributed by atoms with Crippen LogP contribution in [0.3, 0.4) is 0 Å². The summed E-state index contributed by atoms with van der Waals surface area (Å²) in [6.45, 7) is 5.43. The fraction of sp³-hybridized carbons (Fsp3) is 0.217. The molecule has 0 bridgehead atoms. The molecule has 4 aromatic rings. The Kier molecular flexibility index (Phi) is 5.37. The summed E-state index contributed by atoms with van der Waals surface area (Å²) in [7, 11) is 0. The maximum Gasteiger partial charge on any atom is 0.295 e. The Hall–Kier alpha value is -3.81. The maximum atomic E-state index is 13.3. The van der Waals surface area contributed by atoms with E-state index in [0.717, 1.165) is 16.1 Å². The molecule has 0 radical (unpaired) electrons. The number of aryl methyl sites for hydroxylation is 2. The first kappa shape index (κ1) is 20.5. The minimum atomic E-state index is -0.855. The number of hydrogen-bond acceptors (Lipinski definition) is 4. The van der Waals surface area contributed by atoms with Crippen molar-refractivity contribution in [3.05, 3.63) is 87.7 Å². The number of nitrogens with one attached hydrogen (secondary N) is 1. The summed E-state index contributed by atoms with van der Waals surface area (Å²) < 4.78 is 16.2. The first-order chi connectivity index (χ1) is 14.9. The summed E-state index contributed by atoms with van der Waals surface area (Å²) >= 11 is 0. The highest BCUT2D eigenvalue weighted by Crippen LogP contribution is 2.21. The number of benzene rings is 2. The van der Waals surface area contributed by atoms with Crippen molar-refractivity contribution in [3.63, 3.8) is 0 Å². The zero-order valence-corrected chi connectivity index (χ0v) is 17.5. The first-order valence-corrected chi connectivity index (χ1v) is 9.93. The van der Waals surface area contributed by atoms with E-state index in [2.05, 4.69) is 15.5 Å². The van der Waals surface area contributed by atoms with Gasteiger partial charge in [0.05, 0.1) is 22.5 Å². The molecule has 8 heteroatoms. The molecule has 7 nitrogen and oxygen atoms in total. The van der Waals surface area contributed by atoms with Gasteiger partial charge >= 0.3 is 0 Å². The first-order valence-electron chi connectivity index (χ1n) is 9.93. The summed E-state index contributed by atoms with van der Waals surface area (Å²) in [5, 5.41) is 12.3. The van der Waals surface area contributed by atoms with Crippen molar-refractivity contribution in [3.8, 4) is 5.69 Å². The van der Waals surface area contributed by atoms with E-state index in [1.807, 2.05) is 37.3 Å². The van der Waals surface area contributed by atoms with Crippen LogP contribution >= 0.6 is 0 Å². The molecule has 1 N–H and O–H groups in total. The molecule has 31 heavy (non-hydrogen) atoms. The topological polar surface area (TPSA) is 81.8 Å². The van der Waals surface area contributed by atoms with Crippen LogP contribution in [0.1, 0.15) is 29.9 Å². The van der Waals surface area contributed by atoms with Crippen molar-refractivity contribution < 1.29 is 9.18 Å². The molecule has 158 valence electrons. The summed E-state index contributed by atoms with van der Waals surface area (Å²) in [6.07, 6.45) is 0. The van der Waals surface area contributed by atoms with Gasteiger partial charge in [-0.3, -0.25) is 9.59 Å². The molecule has 0 spiro atoms. The van der Waals surface area contributed by atoms with Crippen LogP contribution in [-0.4, -0.2) is 25.5 Å². The summed E-state index contributed by atoms with van der Waals surface area (Å²) in [5.74, 6) is -0.764. The van der Waals surface area contributed by atoms with Gasteiger partial charge in [-0.05, 0) is 50.6 Å². The average Bonchev–Trinajstić information content (AvgIpc) is 3.13. The van der Waals surface area contributed by atoms with Gasteiger partial charge in [-0.15, -0.1) is 0 Å². The van der Waals surface area contributed by atoms with Crippen molar-refractivity contribution >= 4 is 16.8 Å². The van der Waals surface area contributed by atoms with Gasteiger partial charge in [0.2, 0.25) is 5.91 Å². The molecule has 2 heterocycles. The van der Waals surface area contributed by atoms with Crippen LogP contribution in [0.2, 0.25) is 0 Å². The Balaban J connectivity index is 1.67. The molecule has 1 amide bonds. The third-order valence-electron chi connectivity index (χ3n) is 5.25. The van der Waals surface area contributed by atoms with Crippen molar-refractivity contribution in [1.82, 2.24) is 24.9 Å². The van der Waals surface area contributed by atoms with Gasteiger partial charge in [0, 0.05) is 6.54 Å². The van der Waals surface area contributed by atoms with Gasteiger partial charge in [-0.2, -0.15) is 10.2 Å². The number of carbonyl (C=O) groups is 1. The number of para-hydroxylation sites is 1. The van der Waals surface area contributed by atoms with Gasteiger partial charge in [0.15, 0.2) is 5.52 Å². The third kappa shape index (κ3) is 3.84. The molecule has 2 aromatic heterocycles. The van der Waals surface area contributed by atoms with E-state index in [9.17, 15) is 14.0 Å². The molecule has 1 atom stereocenters. The van der Waals surface area contributed by atoms with Gasteiger partial charge in [0.1, 0.15) is 11.9 Å². The quantitative estimate of drug-likeness (QED) is 0.539. The Morgan fingerprint density at radius 3 is 2.55 bits per heavy atom. The smallest absolute Gasteiger partial charge is 0.295 e. The van der Waals surface area contributed by atoms with E-state index >= 15 is 0 Å². The fourth-order valence-corrected chi connectivity index (χ4v) is 3.63. The summed E-state index contributed by atoms with van der Waals surface area (Å²) in [4.78, 5) is 25.8. The van der Waals surface area contributed by atoms with Crippen LogP contribution in [-0.2, 0) is 11.3 Å². The van der Waals surface area contributed by atoms with E-state index < -0.39 is 17.5 Å². The normalized spacial score (nSPS) is 12.1. The number of halogens is 1. The average molecular weight is 419 g/mol. The second-order valence-electron chi connectivity index (χ2n) is 7.42. The van der Waals surface area contributed by atoms with E-state index in [4.69, 9.17) is 0 Å². The fourth-order valence-electron chi connectivity index (χ4n) is 3.63. The number of amides is 1. The van der Waals surface area contributed by atoms with Crippen molar-refractivity contribution in [1.29, 1.82) is 0 Å². The van der Waals surface area contributed by atoms with E-state index in [1.54, 1.807) is 30.7 Å². The van der Waals surface area contributed by atoms with Gasteiger partial charge in [-0.1, -0.05) is 30.3 Å². The van der Waals surface area contributed by atoms with Crippen molar-refractivity contribution in [2.75, 3.05) is 0 Å². The zero-order chi connectivity index (χ0) is 22.1. The van der Waals surface area contributed by atoms with Gasteiger partial charge in [0.25, 0.3) is 5.56 Å². The van der Waals surface area contributed by atoms with Crippen LogP contribution in [0.4, 0.5) is 4.39 Å². The molecular formula is C23H22FN5O2. The van der Waals surface area contributed by atoms with E-state index in [0.29, 0.717) is 16.6 Å². The lowest BCUT2D eigenvalue weighted by atomic mass is 10.2. The molecule has 0 unspecified atom stereocenters. The number of fused-ring (bicyclic) bond motifs is 1. The van der Waals surface area contributed by atoms with Crippen LogP contribution in [0.5, 0.6) is 0 Å². The number of carbonyl (C=O) groups excluding carboxylic acids is 1. The lowest BCUT2D eigenvalue weighted by Crippen LogP contribution is -2.37. The third-order valence-corrected chi connectivity index (χ3v) is 5.25. The Morgan fingerprint density at radius 2 is 1.84 bits per heavy atom. The van der Waals surface area contributed by atoms with Gasteiger partial charge < -0.3 is 5.32 Å². The highest BCUT2D eigenvalue weighted by atomic mass is 19.1. The lowest BCUT2D eigenvalue weighted by Gasteiger charge is -2.15. The molecule has 0 aliphatic rings. The molecule has 0 saturated heterocycles. The van der Waals surface area contributed by atoms with Crippen LogP contribution in [0, 0.1) is 19.7 Å². The Labute approximate surface area is 178 Å². The number of aromatic nitrogens is 4. The van der Waals surface area contributed by atoms with E-state index in [1.165, 1.54) is 12.1 Å². The monoisotopic (exact) mass is 419 g/mol. The maximum absolute atomic E-state index is 13.3. The lowest BCUT2D eigenvalue weighted by molar-refractivity contribution is -0.124. The highest BCUT2D eigenvalue weighted by Gasteiger charge is 2.23. The van der Waals surface area contributed by atoms with Crippen LogP contribution in [0.25, 0.3) is 16.6 Å². The van der Waals surface area contributed by atoms with Crippen molar-refractivity contribution in [2.24, 2.45) is 0 Å². The molecular weight excluding hydrogens is 397 g/mol. The Morgan fingerprint density at radius 1 is 1.10 bits per heavy atom. The molecule has 0 fully saturated rings. The summed E-state index contributed by atoms with van der Waals surface area (Å²) in [6, 6.07) is 14.6. The minimum Gasteiger partial charge on any atom is -0.350 e. The molecule has 0 aliphatic carbocycles. The van der Waals surface area contributed by atoms with Crippen molar-refractivity contribution in [2.45, 2.75) is 33.4 Å². The minimum absolute atomic E-state index is 0.151. The molecule has 0 saturated carbocycles. The second kappa shape index (κ2) is 8.14. The van der Waals surface area contributed by atoms with E-state index in [-0.39, 0.29) is 17.9 Å². The Bertz CT molecular complexity index is 1330. The predicted octanol–water partition coefficient (Wildman–Crippen LogP) is 3.22. The summed E-state index contributed by atoms with van der Waals surface area (Å²) in [5.41, 5.74) is 2.70. The molecule has 4 rings (SSSR count). The SMILES string of the molecule is Cc1nn([C@@H](C)C(=O)NCc2cccc(F)c2)c(=O)c2nn(-c3ccccc3)c(C)c12. The number of nitrogens with zero attached hydrogens (tertiary/aromatic N) is 4. The zero-order valence-electron chi connectivity index (χ0n) is 17.5. The standard InChI is InChI=1S/C23H22FN5O2/c1-14-20-15(2)28(19-10-5-4-6-11-19)27-21(20)23(31)29(26-14)16(3)22(30)25-13-17-8-7-9-18(24)12-17/h4-12,16H,13H2,1-3H3,(H,25,30)/t16-/m0/s1. The predicted molar refractivity (Wildman–Crippen MR) is 116 cm³/mol. The second-order valence-corrected chi connectivity index (χ2v) is 7.42. The highest BCUT2D eigenvalue weighted by molar-refractivity contribution is 5.84. The molecule has 0 aliphatic heterocycles. The molecule has 2 aromatic carbocycles. The largest absolute Gasteiger partial charge is 0.350 e. The van der Waals surface area contributed by atoms with Crippen LogP contribution in [0.15, 0.2) is 59.4 Å². The van der Waals surface area contributed by atoms with Gasteiger partial charge in [-0.25, -0.2) is 13.8 Å². The van der Waals surface area contributed by atoms with Crippen LogP contribution < -0.4 is 10.9 Å².